The number of nitrogens with one attached hydrogen (secondary N) is 1. The van der Waals surface area contributed by atoms with E-state index in [1.54, 1.807) is 25.1 Å². The van der Waals surface area contributed by atoms with E-state index in [0.717, 1.165) is 0 Å². The zero-order valence-corrected chi connectivity index (χ0v) is 11.9. The van der Waals surface area contributed by atoms with E-state index in [1.807, 2.05) is 0 Å². The number of para-hydroxylation sites is 1. The van der Waals surface area contributed by atoms with Crippen molar-refractivity contribution < 1.29 is 4.92 Å². The third kappa shape index (κ3) is 3.15. The van der Waals surface area contributed by atoms with Crippen LogP contribution in [0.5, 0.6) is 0 Å². The fourth-order valence-electron chi connectivity index (χ4n) is 1.67. The maximum atomic E-state index is 10.9. The minimum Gasteiger partial charge on any atom is -0.376 e. The Labute approximate surface area is 124 Å². The molecule has 0 atom stereocenters. The Hall–Kier alpha value is -1.92. The van der Waals surface area contributed by atoms with Gasteiger partial charge in [0.25, 0.3) is 5.69 Å². The summed E-state index contributed by atoms with van der Waals surface area (Å²) in [6.07, 6.45) is 0. The molecule has 0 fully saturated rings. The molecule has 104 valence electrons. The first-order valence-corrected chi connectivity index (χ1v) is 6.40. The minimum atomic E-state index is -0.439. The first-order chi connectivity index (χ1) is 9.49. The van der Waals surface area contributed by atoms with Crippen LogP contribution in [0.25, 0.3) is 0 Å². The van der Waals surface area contributed by atoms with Crippen LogP contribution in [0, 0.1) is 17.0 Å². The minimum absolute atomic E-state index is 0.0280. The number of hydrogen-bond acceptors (Lipinski definition) is 5. The Bertz CT molecular complexity index is 641. The summed E-state index contributed by atoms with van der Waals surface area (Å²) in [6.45, 7) is 1.87. The van der Waals surface area contributed by atoms with E-state index in [0.29, 0.717) is 17.1 Å². The standard InChI is InChI=1S/C12H10Cl2N4O2/c1-7-16-11(13)10(12(14)17-7)15-6-8-4-2-3-5-9(8)18(19)20/h2-5,15H,6H2,1H3. The van der Waals surface area contributed by atoms with Crippen molar-refractivity contribution in [3.63, 3.8) is 0 Å². The fourth-order valence-corrected chi connectivity index (χ4v) is 2.28. The largest absolute Gasteiger partial charge is 0.376 e. The summed E-state index contributed by atoms with van der Waals surface area (Å²) in [5.41, 5.74) is 0.905. The highest BCUT2D eigenvalue weighted by molar-refractivity contribution is 6.37. The number of hydrogen-bond donors (Lipinski definition) is 1. The van der Waals surface area contributed by atoms with Crippen molar-refractivity contribution in [3.8, 4) is 0 Å². The molecule has 1 aromatic heterocycles. The van der Waals surface area contributed by atoms with E-state index in [-0.39, 0.29) is 22.5 Å². The van der Waals surface area contributed by atoms with Gasteiger partial charge in [-0.3, -0.25) is 10.1 Å². The number of benzene rings is 1. The van der Waals surface area contributed by atoms with Gasteiger partial charge in [0.1, 0.15) is 11.5 Å². The Morgan fingerprint density at radius 3 is 2.45 bits per heavy atom. The smallest absolute Gasteiger partial charge is 0.274 e. The highest BCUT2D eigenvalue weighted by Crippen LogP contribution is 2.28. The van der Waals surface area contributed by atoms with E-state index in [1.165, 1.54) is 6.07 Å². The van der Waals surface area contributed by atoms with Gasteiger partial charge in [0.15, 0.2) is 10.3 Å². The molecule has 0 radical (unpaired) electrons. The molecule has 6 nitrogen and oxygen atoms in total. The van der Waals surface area contributed by atoms with Crippen molar-refractivity contribution in [1.29, 1.82) is 0 Å². The van der Waals surface area contributed by atoms with E-state index in [9.17, 15) is 10.1 Å². The predicted molar refractivity (Wildman–Crippen MR) is 77.2 cm³/mol. The SMILES string of the molecule is Cc1nc(Cl)c(NCc2ccccc2[N+](=O)[O-])c(Cl)n1. The molecule has 0 saturated heterocycles. The molecule has 2 aromatic rings. The molecule has 0 amide bonds. The van der Waals surface area contributed by atoms with Crippen LogP contribution in [0.15, 0.2) is 24.3 Å². The second kappa shape index (κ2) is 6.02. The van der Waals surface area contributed by atoms with Gasteiger partial charge in [-0.15, -0.1) is 0 Å². The van der Waals surface area contributed by atoms with Crippen LogP contribution in [-0.4, -0.2) is 14.9 Å². The second-order valence-corrected chi connectivity index (χ2v) is 4.68. The van der Waals surface area contributed by atoms with Gasteiger partial charge in [-0.2, -0.15) is 0 Å². The van der Waals surface area contributed by atoms with Gasteiger partial charge in [-0.25, -0.2) is 9.97 Å². The lowest BCUT2D eigenvalue weighted by molar-refractivity contribution is -0.385. The number of aromatic nitrogens is 2. The molecule has 2 rings (SSSR count). The fraction of sp³-hybridized carbons (Fsp3) is 0.167. The van der Waals surface area contributed by atoms with Crippen LogP contribution in [0.1, 0.15) is 11.4 Å². The summed E-state index contributed by atoms with van der Waals surface area (Å²) >= 11 is 11.9. The Balaban J connectivity index is 2.24. The molecule has 0 saturated carbocycles. The summed E-state index contributed by atoms with van der Waals surface area (Å²) in [5.74, 6) is 0.455. The number of rotatable bonds is 4. The maximum Gasteiger partial charge on any atom is 0.274 e. The Morgan fingerprint density at radius 2 is 1.85 bits per heavy atom. The highest BCUT2D eigenvalue weighted by atomic mass is 35.5. The van der Waals surface area contributed by atoms with Crippen LogP contribution < -0.4 is 5.32 Å². The number of anilines is 1. The lowest BCUT2D eigenvalue weighted by Crippen LogP contribution is -2.05. The van der Waals surface area contributed by atoms with E-state index in [4.69, 9.17) is 23.2 Å². The van der Waals surface area contributed by atoms with Crippen molar-refractivity contribution in [2.45, 2.75) is 13.5 Å². The van der Waals surface area contributed by atoms with Crippen LogP contribution in [0.3, 0.4) is 0 Å². The van der Waals surface area contributed by atoms with Crippen LogP contribution in [0.4, 0.5) is 11.4 Å². The summed E-state index contributed by atoms with van der Waals surface area (Å²) in [6, 6.07) is 6.42. The quantitative estimate of drug-likeness (QED) is 0.530. The normalized spacial score (nSPS) is 10.3. The van der Waals surface area contributed by atoms with Crippen molar-refractivity contribution in [2.24, 2.45) is 0 Å². The lowest BCUT2D eigenvalue weighted by atomic mass is 10.2. The van der Waals surface area contributed by atoms with Crippen molar-refractivity contribution in [1.82, 2.24) is 9.97 Å². The molecule has 1 N–H and O–H groups in total. The van der Waals surface area contributed by atoms with Gasteiger partial charge >= 0.3 is 0 Å². The zero-order valence-electron chi connectivity index (χ0n) is 10.4. The summed E-state index contributed by atoms with van der Waals surface area (Å²) in [5, 5.41) is 14.2. The molecular weight excluding hydrogens is 303 g/mol. The van der Waals surface area contributed by atoms with Crippen LogP contribution in [0.2, 0.25) is 10.3 Å². The number of halogens is 2. The number of aryl methyl sites for hydroxylation is 1. The third-order valence-corrected chi connectivity index (χ3v) is 3.12. The molecule has 0 aliphatic carbocycles. The average molecular weight is 313 g/mol. The van der Waals surface area contributed by atoms with Crippen molar-refractivity contribution in [2.75, 3.05) is 5.32 Å². The summed E-state index contributed by atoms with van der Waals surface area (Å²) in [4.78, 5) is 18.4. The average Bonchev–Trinajstić information content (AvgIpc) is 2.37. The molecule has 0 spiro atoms. The number of nitro groups is 1. The second-order valence-electron chi connectivity index (χ2n) is 3.97. The molecule has 8 heteroatoms. The Morgan fingerprint density at radius 1 is 1.25 bits per heavy atom. The molecule has 0 bridgehead atoms. The van der Waals surface area contributed by atoms with Crippen LogP contribution >= 0.6 is 23.2 Å². The van der Waals surface area contributed by atoms with Gasteiger partial charge in [0, 0.05) is 18.2 Å². The third-order valence-electron chi connectivity index (χ3n) is 2.58. The van der Waals surface area contributed by atoms with Gasteiger partial charge < -0.3 is 5.32 Å². The molecule has 1 aromatic carbocycles. The van der Waals surface area contributed by atoms with Crippen molar-refractivity contribution >= 4 is 34.6 Å². The van der Waals surface area contributed by atoms with Gasteiger partial charge in [-0.05, 0) is 6.92 Å². The van der Waals surface area contributed by atoms with E-state index < -0.39 is 4.92 Å². The first kappa shape index (κ1) is 14.5. The number of nitro benzene ring substituents is 1. The molecule has 0 aliphatic rings. The summed E-state index contributed by atoms with van der Waals surface area (Å²) < 4.78 is 0. The van der Waals surface area contributed by atoms with Crippen molar-refractivity contribution in [3.05, 3.63) is 56.1 Å². The van der Waals surface area contributed by atoms with E-state index >= 15 is 0 Å². The van der Waals surface area contributed by atoms with Gasteiger partial charge in [0.05, 0.1) is 4.92 Å². The topological polar surface area (TPSA) is 81.0 Å². The van der Waals surface area contributed by atoms with Gasteiger partial charge in [-0.1, -0.05) is 41.4 Å². The van der Waals surface area contributed by atoms with Crippen LogP contribution in [-0.2, 0) is 6.54 Å². The number of nitrogens with zero attached hydrogens (tertiary/aromatic N) is 3. The lowest BCUT2D eigenvalue weighted by Gasteiger charge is -2.10. The van der Waals surface area contributed by atoms with Gasteiger partial charge in [0.2, 0.25) is 0 Å². The molecule has 20 heavy (non-hydrogen) atoms. The zero-order chi connectivity index (χ0) is 14.7. The highest BCUT2D eigenvalue weighted by Gasteiger charge is 2.14. The molecule has 0 unspecified atom stereocenters. The molecule has 0 aliphatic heterocycles. The predicted octanol–water partition coefficient (Wildman–Crippen LogP) is 3.61. The Kier molecular flexibility index (Phi) is 4.36. The van der Waals surface area contributed by atoms with E-state index in [2.05, 4.69) is 15.3 Å². The molecule has 1 heterocycles. The first-order valence-electron chi connectivity index (χ1n) is 5.65. The summed E-state index contributed by atoms with van der Waals surface area (Å²) in [7, 11) is 0. The monoisotopic (exact) mass is 312 g/mol. The maximum absolute atomic E-state index is 10.9. The molecular formula is C12H10Cl2N4O2.